The molecule has 3 aliphatic carbocycles. The van der Waals surface area contributed by atoms with Crippen LogP contribution in [0.4, 0.5) is 0 Å². The molecule has 5 nitrogen and oxygen atoms in total. The topological polar surface area (TPSA) is 76.0 Å². The summed E-state index contributed by atoms with van der Waals surface area (Å²) in [5, 5.41) is 22.6. The predicted octanol–water partition coefficient (Wildman–Crippen LogP) is 2.28. The maximum Gasteiger partial charge on any atom is 0.159 e. The zero-order valence-corrected chi connectivity index (χ0v) is 17.3. The Kier molecular flexibility index (Phi) is 3.26. The lowest BCUT2D eigenvalue weighted by Gasteiger charge is -2.74. The number of ether oxygens (including phenoxy) is 2. The van der Waals surface area contributed by atoms with Crippen molar-refractivity contribution in [1.29, 1.82) is 0 Å². The van der Waals surface area contributed by atoms with Crippen LogP contribution in [-0.4, -0.2) is 52.6 Å². The summed E-state index contributed by atoms with van der Waals surface area (Å²) in [6.45, 7) is 0.605. The highest BCUT2D eigenvalue weighted by molar-refractivity contribution is 6.13. The van der Waals surface area contributed by atoms with Crippen molar-refractivity contribution in [3.8, 4) is 0 Å². The molecule has 2 aliphatic heterocycles. The highest BCUT2D eigenvalue weighted by atomic mass is 16.6. The number of rotatable bonds is 5. The molecule has 2 aromatic rings. The van der Waals surface area contributed by atoms with Crippen molar-refractivity contribution >= 4 is 5.78 Å². The number of aliphatic hydroxyl groups excluding tert-OH is 1. The van der Waals surface area contributed by atoms with Gasteiger partial charge in [0.15, 0.2) is 5.78 Å². The molecule has 4 bridgehead atoms. The second-order valence-corrected chi connectivity index (χ2v) is 9.93. The van der Waals surface area contributed by atoms with Crippen molar-refractivity contribution in [3.63, 3.8) is 0 Å². The number of aliphatic hydroxyl groups is 2. The molecule has 31 heavy (non-hydrogen) atoms. The van der Waals surface area contributed by atoms with Crippen LogP contribution in [-0.2, 0) is 25.1 Å². The summed E-state index contributed by atoms with van der Waals surface area (Å²) in [5.41, 5.74) is -3.30. The van der Waals surface area contributed by atoms with E-state index in [0.29, 0.717) is 25.9 Å². The van der Waals surface area contributed by atoms with E-state index in [9.17, 15) is 15.0 Å². The van der Waals surface area contributed by atoms with E-state index >= 15 is 0 Å². The van der Waals surface area contributed by atoms with Gasteiger partial charge in [0.05, 0.1) is 16.9 Å². The Morgan fingerprint density at radius 2 is 1.65 bits per heavy atom. The van der Waals surface area contributed by atoms with Gasteiger partial charge in [0.1, 0.15) is 22.7 Å². The van der Waals surface area contributed by atoms with Crippen LogP contribution >= 0.6 is 0 Å². The van der Waals surface area contributed by atoms with E-state index in [0.717, 1.165) is 17.5 Å². The van der Waals surface area contributed by atoms with Gasteiger partial charge in [-0.25, -0.2) is 0 Å². The fourth-order valence-electron chi connectivity index (χ4n) is 8.83. The van der Waals surface area contributed by atoms with Crippen LogP contribution in [0.1, 0.15) is 36.8 Å². The first kappa shape index (κ1) is 18.5. The van der Waals surface area contributed by atoms with Crippen molar-refractivity contribution in [3.05, 3.63) is 71.8 Å². The van der Waals surface area contributed by atoms with Crippen LogP contribution in [0.15, 0.2) is 60.7 Å². The van der Waals surface area contributed by atoms with Crippen LogP contribution in [0.5, 0.6) is 0 Å². The number of Topliss-reactive ketones (excluding diaryl/α,β-unsaturated/α-hetero) is 1. The quantitative estimate of drug-likeness (QED) is 0.779. The minimum atomic E-state index is -1.38. The smallest absolute Gasteiger partial charge is 0.159 e. The maximum atomic E-state index is 14.4. The average molecular weight is 418 g/mol. The third-order valence-corrected chi connectivity index (χ3v) is 9.37. The first-order chi connectivity index (χ1) is 15.1. The van der Waals surface area contributed by atoms with E-state index in [1.807, 2.05) is 60.7 Å². The summed E-state index contributed by atoms with van der Waals surface area (Å²) in [6.07, 6.45) is 1.68. The molecule has 2 heterocycles. The Morgan fingerprint density at radius 1 is 0.968 bits per heavy atom. The molecule has 2 saturated heterocycles. The van der Waals surface area contributed by atoms with Gasteiger partial charge in [-0.15, -0.1) is 0 Å². The summed E-state index contributed by atoms with van der Waals surface area (Å²) in [5.74, 6) is 0.0610. The summed E-state index contributed by atoms with van der Waals surface area (Å²) in [4.78, 5) is 14.4. The molecule has 2 aromatic carbocycles. The third-order valence-electron chi connectivity index (χ3n) is 9.37. The molecular formula is C26H26O5. The Hall–Kier alpha value is -2.05. The largest absolute Gasteiger partial charge is 0.396 e. The molecule has 7 rings (SSSR count). The van der Waals surface area contributed by atoms with E-state index in [2.05, 4.69) is 0 Å². The third kappa shape index (κ3) is 1.40. The number of hydrogen-bond acceptors (Lipinski definition) is 5. The molecule has 5 fully saturated rings. The molecule has 0 aromatic heterocycles. The summed E-state index contributed by atoms with van der Waals surface area (Å²) in [7, 11) is 0. The highest BCUT2D eigenvalue weighted by Gasteiger charge is 3.11. The average Bonchev–Trinajstić information content (AvgIpc) is 3.15. The van der Waals surface area contributed by atoms with Gasteiger partial charge in [0.25, 0.3) is 0 Å². The van der Waals surface area contributed by atoms with Crippen LogP contribution in [0.3, 0.4) is 0 Å². The molecule has 1 spiro atoms. The number of fused-ring (bicyclic) bond motifs is 2. The Labute approximate surface area is 181 Å². The van der Waals surface area contributed by atoms with E-state index in [-0.39, 0.29) is 18.5 Å². The zero-order valence-electron chi connectivity index (χ0n) is 17.3. The van der Waals surface area contributed by atoms with E-state index in [1.54, 1.807) is 0 Å². The molecule has 2 N–H and O–H groups in total. The molecule has 0 unspecified atom stereocenters. The predicted molar refractivity (Wildman–Crippen MR) is 112 cm³/mol. The SMILES string of the molecule is O=C1[C@]2(CCCO)[C@H]3O[C@@]45CCCO[C@@H]4[C@]2(c2ccccc2)[C@@]5(O)[C@@]13c1ccccc1. The van der Waals surface area contributed by atoms with Gasteiger partial charge in [-0.3, -0.25) is 4.79 Å². The lowest BCUT2D eigenvalue weighted by Crippen LogP contribution is -2.90. The first-order valence-electron chi connectivity index (χ1n) is 11.4. The Bertz CT molecular complexity index is 1090. The number of benzene rings is 2. The van der Waals surface area contributed by atoms with Crippen molar-refractivity contribution < 1.29 is 24.5 Å². The van der Waals surface area contributed by atoms with Crippen LogP contribution in [0.25, 0.3) is 0 Å². The Morgan fingerprint density at radius 3 is 2.32 bits per heavy atom. The molecule has 0 radical (unpaired) electrons. The lowest BCUT2D eigenvalue weighted by atomic mass is 9.38. The second kappa shape index (κ2) is 5.46. The molecule has 0 amide bonds. The number of carbonyl (C=O) groups is 1. The van der Waals surface area contributed by atoms with Crippen LogP contribution in [0, 0.1) is 5.41 Å². The van der Waals surface area contributed by atoms with Crippen molar-refractivity contribution in [2.45, 2.75) is 59.9 Å². The second-order valence-electron chi connectivity index (χ2n) is 9.93. The number of carbonyl (C=O) groups excluding carboxylic acids is 1. The summed E-state index contributed by atoms with van der Waals surface area (Å²) in [6, 6.07) is 19.7. The minimum absolute atomic E-state index is 0.0000515. The van der Waals surface area contributed by atoms with Crippen molar-refractivity contribution in [2.75, 3.05) is 13.2 Å². The van der Waals surface area contributed by atoms with Gasteiger partial charge >= 0.3 is 0 Å². The van der Waals surface area contributed by atoms with E-state index in [1.165, 1.54) is 0 Å². The minimum Gasteiger partial charge on any atom is -0.396 e. The molecule has 3 saturated carbocycles. The van der Waals surface area contributed by atoms with E-state index in [4.69, 9.17) is 9.47 Å². The van der Waals surface area contributed by atoms with Gasteiger partial charge in [-0.05, 0) is 36.8 Å². The van der Waals surface area contributed by atoms with Crippen LogP contribution < -0.4 is 0 Å². The van der Waals surface area contributed by atoms with Gasteiger partial charge in [-0.1, -0.05) is 60.7 Å². The molecule has 5 aliphatic rings. The highest BCUT2D eigenvalue weighted by Crippen LogP contribution is 2.93. The molecular weight excluding hydrogens is 392 g/mol. The Balaban J connectivity index is 1.58. The number of ketones is 1. The molecule has 5 heteroatoms. The monoisotopic (exact) mass is 418 g/mol. The van der Waals surface area contributed by atoms with Crippen LogP contribution in [0.2, 0.25) is 0 Å². The summed E-state index contributed by atoms with van der Waals surface area (Å²) >= 11 is 0. The zero-order chi connectivity index (χ0) is 21.1. The molecule has 7 atom stereocenters. The summed E-state index contributed by atoms with van der Waals surface area (Å²) < 4.78 is 13.2. The lowest BCUT2D eigenvalue weighted by molar-refractivity contribution is -0.395. The fourth-order valence-corrected chi connectivity index (χ4v) is 8.83. The standard InChI is InChI=1S/C26H26O5/c27-15-7-13-22-19(28)24(17-9-3-1-4-10-17)20(22)31-23-14-8-16-30-21(23)25(22,26(23,24)29)18-11-5-2-6-12-18/h1-6,9-12,20-21,27,29H,7-8,13-16H2/t20-,21+,22-,23+,24+,25+,26+/m1/s1. The van der Waals surface area contributed by atoms with Gasteiger partial charge in [-0.2, -0.15) is 0 Å². The van der Waals surface area contributed by atoms with Crippen molar-refractivity contribution in [1.82, 2.24) is 0 Å². The number of hydrogen-bond donors (Lipinski definition) is 2. The fraction of sp³-hybridized carbons (Fsp3) is 0.500. The van der Waals surface area contributed by atoms with Gasteiger partial charge in [0, 0.05) is 13.2 Å². The maximum absolute atomic E-state index is 14.4. The van der Waals surface area contributed by atoms with Gasteiger partial charge in [0.2, 0.25) is 0 Å². The van der Waals surface area contributed by atoms with Crippen molar-refractivity contribution in [2.24, 2.45) is 5.41 Å². The van der Waals surface area contributed by atoms with Gasteiger partial charge < -0.3 is 19.7 Å². The first-order valence-corrected chi connectivity index (χ1v) is 11.4. The van der Waals surface area contributed by atoms with E-state index < -0.39 is 33.6 Å². The molecule has 160 valence electrons. The normalized spacial score (nSPS) is 48.1.